The zero-order chi connectivity index (χ0) is 27.3. The molecule has 212 valence electrons. The van der Waals surface area contributed by atoms with Gasteiger partial charge in [0, 0.05) is 45.1 Å². The molecule has 2 bridgehead atoms. The third kappa shape index (κ3) is 5.46. The quantitative estimate of drug-likeness (QED) is 0.545. The summed E-state index contributed by atoms with van der Waals surface area (Å²) in [5.41, 5.74) is -2.37. The van der Waals surface area contributed by atoms with Gasteiger partial charge in [-0.05, 0) is 44.2 Å². The maximum absolute atomic E-state index is 13.8. The number of aromatic nitrogens is 1. The van der Waals surface area contributed by atoms with E-state index in [1.165, 1.54) is 4.90 Å². The van der Waals surface area contributed by atoms with Crippen molar-refractivity contribution in [2.45, 2.75) is 81.1 Å². The molecule has 1 aromatic rings. The molecule has 3 aliphatic heterocycles. The minimum atomic E-state index is -4.51. The molecule has 1 saturated carbocycles. The van der Waals surface area contributed by atoms with Crippen LogP contribution in [0.25, 0.3) is 0 Å². The number of halogens is 6. The Labute approximate surface area is 216 Å². The number of nitrogens with one attached hydrogen (secondary N) is 1. The topological polar surface area (TPSA) is 66.9 Å². The van der Waals surface area contributed by atoms with Gasteiger partial charge in [-0.25, -0.2) is 4.98 Å². The number of pyridine rings is 1. The average Bonchev–Trinajstić information content (AvgIpc) is 3.58. The number of rotatable bonds is 6. The van der Waals surface area contributed by atoms with Gasteiger partial charge in [0.1, 0.15) is 5.82 Å². The van der Waals surface area contributed by atoms with Gasteiger partial charge in [-0.2, -0.15) is 26.3 Å². The number of amides is 1. The van der Waals surface area contributed by atoms with Crippen molar-refractivity contribution in [3.63, 3.8) is 0 Å². The van der Waals surface area contributed by atoms with Crippen LogP contribution in [0.3, 0.4) is 0 Å². The lowest BCUT2D eigenvalue weighted by molar-refractivity contribution is -0.174. The standard InChI is InChI=1S/C25H32F6N4O3/c1-37-20-13-38-7-4-19(20)33-16-2-5-23(10-16,14-24(26,27)28)22(36)35-12-17-9-18(35)11-34(17)21-8-15(3-6-32-21)25(29,30)31/h3,6,8,16-20,33H,2,4-5,7,9-14H2,1H3/t16-,17+,18+,19+,20-,23+/m1/s1. The molecule has 4 aliphatic rings. The Hall–Kier alpha value is -2.12. The summed E-state index contributed by atoms with van der Waals surface area (Å²) in [5.74, 6) is -0.336. The van der Waals surface area contributed by atoms with Crippen LogP contribution in [0, 0.1) is 5.41 Å². The minimum absolute atomic E-state index is 0.0631. The van der Waals surface area contributed by atoms with Crippen molar-refractivity contribution < 1.29 is 40.6 Å². The van der Waals surface area contributed by atoms with Gasteiger partial charge >= 0.3 is 12.4 Å². The fraction of sp³-hybridized carbons (Fsp3) is 0.760. The molecule has 0 aromatic carbocycles. The summed E-state index contributed by atoms with van der Waals surface area (Å²) in [4.78, 5) is 21.2. The highest BCUT2D eigenvalue weighted by molar-refractivity contribution is 5.84. The van der Waals surface area contributed by atoms with Crippen molar-refractivity contribution in [1.82, 2.24) is 15.2 Å². The summed E-state index contributed by atoms with van der Waals surface area (Å²) in [6.07, 6.45) is -7.51. The van der Waals surface area contributed by atoms with E-state index in [0.29, 0.717) is 32.5 Å². The lowest BCUT2D eigenvalue weighted by atomic mass is 9.80. The molecule has 1 aliphatic carbocycles. The molecule has 0 unspecified atom stereocenters. The van der Waals surface area contributed by atoms with E-state index < -0.39 is 35.7 Å². The van der Waals surface area contributed by atoms with Gasteiger partial charge in [0.2, 0.25) is 5.91 Å². The molecule has 38 heavy (non-hydrogen) atoms. The van der Waals surface area contributed by atoms with Crippen LogP contribution in [0.2, 0.25) is 0 Å². The number of fused-ring (bicyclic) bond motifs is 2. The first-order valence-corrected chi connectivity index (χ1v) is 12.9. The van der Waals surface area contributed by atoms with Crippen molar-refractivity contribution in [3.8, 4) is 0 Å². The zero-order valence-corrected chi connectivity index (χ0v) is 21.0. The molecule has 4 heterocycles. The number of piperazine rings is 1. The van der Waals surface area contributed by atoms with Crippen molar-refractivity contribution in [3.05, 3.63) is 23.9 Å². The van der Waals surface area contributed by atoms with Gasteiger partial charge in [0.15, 0.2) is 0 Å². The predicted octanol–water partition coefficient (Wildman–Crippen LogP) is 3.77. The summed E-state index contributed by atoms with van der Waals surface area (Å²) in [6, 6.07) is 0.903. The van der Waals surface area contributed by atoms with E-state index in [4.69, 9.17) is 9.47 Å². The molecule has 6 atom stereocenters. The second kappa shape index (κ2) is 10.1. The van der Waals surface area contributed by atoms with E-state index in [9.17, 15) is 31.1 Å². The van der Waals surface area contributed by atoms with Crippen molar-refractivity contribution in [2.24, 2.45) is 5.41 Å². The molecule has 1 N–H and O–H groups in total. The van der Waals surface area contributed by atoms with E-state index in [1.54, 1.807) is 12.0 Å². The summed E-state index contributed by atoms with van der Waals surface area (Å²) >= 11 is 0. The van der Waals surface area contributed by atoms with Crippen LogP contribution in [0.15, 0.2) is 18.3 Å². The second-order valence-electron chi connectivity index (χ2n) is 11.0. The number of hydrogen-bond donors (Lipinski definition) is 1. The number of hydrogen-bond acceptors (Lipinski definition) is 6. The van der Waals surface area contributed by atoms with Gasteiger partial charge in [0.25, 0.3) is 0 Å². The summed E-state index contributed by atoms with van der Waals surface area (Å²) in [6.45, 7) is 1.35. The molecular weight excluding hydrogens is 518 g/mol. The molecule has 0 spiro atoms. The lowest BCUT2D eigenvalue weighted by Gasteiger charge is -2.40. The summed E-state index contributed by atoms with van der Waals surface area (Å²) in [5, 5.41) is 3.43. The highest BCUT2D eigenvalue weighted by Crippen LogP contribution is 2.49. The number of methoxy groups -OCH3 is 1. The number of nitrogens with zero attached hydrogens (tertiary/aromatic N) is 3. The van der Waals surface area contributed by atoms with Crippen LogP contribution in [0.1, 0.15) is 44.1 Å². The average molecular weight is 551 g/mol. The third-order valence-corrected chi connectivity index (χ3v) is 8.53. The van der Waals surface area contributed by atoms with Crippen LogP contribution >= 0.6 is 0 Å². The van der Waals surface area contributed by atoms with Crippen molar-refractivity contribution >= 4 is 11.7 Å². The van der Waals surface area contributed by atoms with E-state index >= 15 is 0 Å². The summed E-state index contributed by atoms with van der Waals surface area (Å²) < 4.78 is 91.7. The first-order chi connectivity index (χ1) is 17.9. The first-order valence-electron chi connectivity index (χ1n) is 12.9. The summed E-state index contributed by atoms with van der Waals surface area (Å²) in [7, 11) is 1.57. The Morgan fingerprint density at radius 1 is 1.21 bits per heavy atom. The molecule has 4 fully saturated rings. The van der Waals surface area contributed by atoms with Crippen molar-refractivity contribution in [2.75, 3.05) is 38.3 Å². The Bertz CT molecular complexity index is 1020. The molecule has 1 amide bonds. The molecule has 7 nitrogen and oxygen atoms in total. The molecule has 1 aromatic heterocycles. The molecule has 5 rings (SSSR count). The normalized spacial score (nSPS) is 33.8. The monoisotopic (exact) mass is 550 g/mol. The first kappa shape index (κ1) is 27.4. The van der Waals surface area contributed by atoms with Crippen LogP contribution < -0.4 is 10.2 Å². The fourth-order valence-electron chi connectivity index (χ4n) is 6.77. The van der Waals surface area contributed by atoms with Crippen molar-refractivity contribution in [1.29, 1.82) is 0 Å². The Morgan fingerprint density at radius 2 is 2.00 bits per heavy atom. The van der Waals surface area contributed by atoms with E-state index in [1.807, 2.05) is 0 Å². The lowest BCUT2D eigenvalue weighted by Crippen LogP contribution is -2.54. The Kier molecular flexibility index (Phi) is 7.31. The highest BCUT2D eigenvalue weighted by atomic mass is 19.4. The fourth-order valence-corrected chi connectivity index (χ4v) is 6.77. The second-order valence-corrected chi connectivity index (χ2v) is 11.0. The maximum Gasteiger partial charge on any atom is 0.416 e. The number of carbonyl (C=O) groups is 1. The minimum Gasteiger partial charge on any atom is -0.379 e. The smallest absolute Gasteiger partial charge is 0.379 e. The Balaban J connectivity index is 1.29. The largest absolute Gasteiger partial charge is 0.416 e. The van der Waals surface area contributed by atoms with Gasteiger partial charge in [0.05, 0.1) is 42.2 Å². The number of anilines is 1. The zero-order valence-electron chi connectivity index (χ0n) is 21.0. The van der Waals surface area contributed by atoms with Gasteiger partial charge in [-0.15, -0.1) is 0 Å². The highest BCUT2D eigenvalue weighted by Gasteiger charge is 2.57. The van der Waals surface area contributed by atoms with Crippen LogP contribution in [-0.2, 0) is 20.4 Å². The predicted molar refractivity (Wildman–Crippen MR) is 124 cm³/mol. The van der Waals surface area contributed by atoms with E-state index in [2.05, 4.69) is 10.3 Å². The number of ether oxygens (including phenoxy) is 2. The van der Waals surface area contributed by atoms with Gasteiger partial charge in [-0.1, -0.05) is 0 Å². The van der Waals surface area contributed by atoms with Crippen LogP contribution in [0.4, 0.5) is 32.2 Å². The molecule has 13 heteroatoms. The third-order valence-electron chi connectivity index (χ3n) is 8.53. The maximum atomic E-state index is 13.8. The number of likely N-dealkylation sites (tertiary alicyclic amines) is 1. The van der Waals surface area contributed by atoms with Gasteiger partial charge in [-0.3, -0.25) is 4.79 Å². The van der Waals surface area contributed by atoms with Crippen LogP contribution in [0.5, 0.6) is 0 Å². The SMILES string of the molecule is CO[C@@H]1COCC[C@@H]1N[C@@H]1CC[C@](CC(F)(F)F)(C(=O)N2C[C@@H]3C[C@H]2CN3c2cc(C(F)(F)F)ccn2)C1. The van der Waals surface area contributed by atoms with E-state index in [0.717, 1.165) is 18.3 Å². The molecule has 3 saturated heterocycles. The number of alkyl halides is 6. The molecular formula is C25H32F6N4O3. The van der Waals surface area contributed by atoms with E-state index in [-0.39, 0.29) is 62.0 Å². The Morgan fingerprint density at radius 3 is 2.66 bits per heavy atom. The number of carbonyl (C=O) groups excluding carboxylic acids is 1. The molecule has 0 radical (unpaired) electrons. The van der Waals surface area contributed by atoms with Crippen LogP contribution in [-0.4, -0.2) is 85.7 Å². The van der Waals surface area contributed by atoms with Gasteiger partial charge < -0.3 is 24.6 Å².